The smallest absolute Gasteiger partial charge is 0.405 e. The van der Waals surface area contributed by atoms with E-state index in [1.54, 1.807) is 0 Å². The van der Waals surface area contributed by atoms with Crippen molar-refractivity contribution in [2.45, 2.75) is 24.8 Å². The van der Waals surface area contributed by atoms with E-state index in [0.717, 1.165) is 19.3 Å². The Hall–Kier alpha value is -0.990. The summed E-state index contributed by atoms with van der Waals surface area (Å²) in [6, 6.07) is 0. The molecule has 1 amide bonds. The lowest BCUT2D eigenvalue weighted by Crippen LogP contribution is -2.73. The van der Waals surface area contributed by atoms with Gasteiger partial charge in [-0.05, 0) is 24.7 Å². The van der Waals surface area contributed by atoms with E-state index in [1.165, 1.54) is 0 Å². The van der Waals surface area contributed by atoms with Crippen molar-refractivity contribution in [2.75, 3.05) is 0 Å². The standard InChI is InChI=1S/C8H11NO2/c1-2-7-3-8(4-7,5-7)9-6(10)11/h2,9H,1,3-5H2,(H,10,11). The van der Waals surface area contributed by atoms with Crippen LogP contribution in [0.5, 0.6) is 0 Å². The first kappa shape index (κ1) is 6.70. The minimum Gasteiger partial charge on any atom is -0.465 e. The number of nitrogens with one attached hydrogen (secondary N) is 1. The Morgan fingerprint density at radius 2 is 2.09 bits per heavy atom. The molecule has 0 aliphatic heterocycles. The highest BCUT2D eigenvalue weighted by molar-refractivity contribution is 5.67. The Bertz CT molecular complexity index is 214. The molecule has 0 saturated heterocycles. The molecule has 3 saturated carbocycles. The number of hydrogen-bond acceptors (Lipinski definition) is 1. The lowest BCUT2D eigenvalue weighted by Gasteiger charge is -2.69. The summed E-state index contributed by atoms with van der Waals surface area (Å²) in [7, 11) is 0. The van der Waals surface area contributed by atoms with Crippen LogP contribution in [0.4, 0.5) is 4.79 Å². The first-order valence-electron chi connectivity index (χ1n) is 3.75. The molecule has 0 radical (unpaired) electrons. The summed E-state index contributed by atoms with van der Waals surface area (Å²) < 4.78 is 0. The molecule has 11 heavy (non-hydrogen) atoms. The van der Waals surface area contributed by atoms with Gasteiger partial charge < -0.3 is 10.4 Å². The second-order valence-electron chi connectivity index (χ2n) is 3.81. The van der Waals surface area contributed by atoms with Crippen molar-refractivity contribution in [3.63, 3.8) is 0 Å². The predicted octanol–water partition coefficient (Wildman–Crippen LogP) is 1.36. The summed E-state index contributed by atoms with van der Waals surface area (Å²) in [4.78, 5) is 10.3. The van der Waals surface area contributed by atoms with Crippen LogP contribution in [-0.4, -0.2) is 16.7 Å². The summed E-state index contributed by atoms with van der Waals surface area (Å²) in [5, 5.41) is 11.0. The summed E-state index contributed by atoms with van der Waals surface area (Å²) >= 11 is 0. The first-order chi connectivity index (χ1) is 5.10. The van der Waals surface area contributed by atoms with Gasteiger partial charge in [0.1, 0.15) is 0 Å². The fourth-order valence-corrected chi connectivity index (χ4v) is 2.44. The van der Waals surface area contributed by atoms with Crippen LogP contribution in [0.3, 0.4) is 0 Å². The largest absolute Gasteiger partial charge is 0.465 e. The topological polar surface area (TPSA) is 49.3 Å². The molecule has 3 heteroatoms. The van der Waals surface area contributed by atoms with Crippen molar-refractivity contribution in [3.8, 4) is 0 Å². The first-order valence-corrected chi connectivity index (χ1v) is 3.75. The van der Waals surface area contributed by atoms with Crippen molar-refractivity contribution < 1.29 is 9.90 Å². The molecule has 0 atom stereocenters. The van der Waals surface area contributed by atoms with Crippen molar-refractivity contribution in [1.29, 1.82) is 0 Å². The molecule has 0 aromatic carbocycles. The Labute approximate surface area is 65.1 Å². The van der Waals surface area contributed by atoms with Gasteiger partial charge in [-0.2, -0.15) is 0 Å². The molecule has 3 fully saturated rings. The summed E-state index contributed by atoms with van der Waals surface area (Å²) in [6.07, 6.45) is 3.92. The fraction of sp³-hybridized carbons (Fsp3) is 0.625. The molecule has 3 rings (SSSR count). The molecule has 0 aromatic heterocycles. The lowest BCUT2D eigenvalue weighted by molar-refractivity contribution is -0.110. The summed E-state index contributed by atoms with van der Waals surface area (Å²) in [6.45, 7) is 3.73. The van der Waals surface area contributed by atoms with Crippen LogP contribution in [0.25, 0.3) is 0 Å². The van der Waals surface area contributed by atoms with Gasteiger partial charge in [0.15, 0.2) is 0 Å². The number of carboxylic acid groups (broad SMARTS) is 1. The third-order valence-corrected chi connectivity index (χ3v) is 2.88. The van der Waals surface area contributed by atoms with Crippen LogP contribution in [0, 0.1) is 5.41 Å². The average molecular weight is 153 g/mol. The van der Waals surface area contributed by atoms with Crippen LogP contribution in [0.1, 0.15) is 19.3 Å². The Morgan fingerprint density at radius 1 is 1.55 bits per heavy atom. The fourth-order valence-electron chi connectivity index (χ4n) is 2.44. The third-order valence-electron chi connectivity index (χ3n) is 2.88. The van der Waals surface area contributed by atoms with Gasteiger partial charge in [0.25, 0.3) is 0 Å². The molecule has 2 N–H and O–H groups in total. The molecule has 0 heterocycles. The van der Waals surface area contributed by atoms with E-state index in [-0.39, 0.29) is 5.54 Å². The molecular formula is C8H11NO2. The van der Waals surface area contributed by atoms with E-state index >= 15 is 0 Å². The summed E-state index contributed by atoms with van der Waals surface area (Å²) in [5.74, 6) is 0. The molecule has 2 bridgehead atoms. The average Bonchev–Trinajstić information content (AvgIpc) is 1.74. The number of amides is 1. The lowest BCUT2D eigenvalue weighted by atomic mass is 9.39. The van der Waals surface area contributed by atoms with Crippen molar-refractivity contribution >= 4 is 6.09 Å². The Balaban J connectivity index is 1.94. The van der Waals surface area contributed by atoms with Gasteiger partial charge in [-0.1, -0.05) is 6.08 Å². The van der Waals surface area contributed by atoms with Crippen molar-refractivity contribution in [1.82, 2.24) is 5.32 Å². The van der Waals surface area contributed by atoms with E-state index in [0.29, 0.717) is 5.41 Å². The van der Waals surface area contributed by atoms with Crippen molar-refractivity contribution in [3.05, 3.63) is 12.7 Å². The van der Waals surface area contributed by atoms with Gasteiger partial charge in [-0.3, -0.25) is 0 Å². The number of carbonyl (C=O) groups is 1. The number of allylic oxidation sites excluding steroid dienone is 1. The van der Waals surface area contributed by atoms with E-state index in [9.17, 15) is 4.79 Å². The molecule has 0 spiro atoms. The molecule has 60 valence electrons. The third kappa shape index (κ3) is 0.708. The number of hydrogen-bond donors (Lipinski definition) is 2. The molecule has 0 unspecified atom stereocenters. The monoisotopic (exact) mass is 153 g/mol. The van der Waals surface area contributed by atoms with Crippen LogP contribution in [-0.2, 0) is 0 Å². The zero-order valence-electron chi connectivity index (χ0n) is 6.26. The van der Waals surface area contributed by atoms with Crippen molar-refractivity contribution in [2.24, 2.45) is 5.41 Å². The predicted molar refractivity (Wildman–Crippen MR) is 40.4 cm³/mol. The van der Waals surface area contributed by atoms with Crippen LogP contribution in [0.2, 0.25) is 0 Å². The van der Waals surface area contributed by atoms with E-state index < -0.39 is 6.09 Å². The molecule has 3 aliphatic carbocycles. The van der Waals surface area contributed by atoms with Gasteiger partial charge in [0.2, 0.25) is 0 Å². The molecular weight excluding hydrogens is 142 g/mol. The SMILES string of the molecule is C=CC12CC(NC(=O)O)(C1)C2. The van der Waals surface area contributed by atoms with Gasteiger partial charge in [0.05, 0.1) is 0 Å². The summed E-state index contributed by atoms with van der Waals surface area (Å²) in [5.41, 5.74) is 0.225. The highest BCUT2D eigenvalue weighted by atomic mass is 16.4. The highest BCUT2D eigenvalue weighted by Crippen LogP contribution is 2.67. The van der Waals surface area contributed by atoms with E-state index in [4.69, 9.17) is 5.11 Å². The molecule has 0 aromatic rings. The maximum Gasteiger partial charge on any atom is 0.405 e. The van der Waals surface area contributed by atoms with Gasteiger partial charge in [-0.15, -0.1) is 6.58 Å². The van der Waals surface area contributed by atoms with Gasteiger partial charge in [0, 0.05) is 5.54 Å². The quantitative estimate of drug-likeness (QED) is 0.588. The molecule has 3 aliphatic rings. The minimum absolute atomic E-state index is 0.0694. The maximum absolute atomic E-state index is 10.3. The highest BCUT2D eigenvalue weighted by Gasteiger charge is 2.66. The van der Waals surface area contributed by atoms with Gasteiger partial charge >= 0.3 is 6.09 Å². The second kappa shape index (κ2) is 1.60. The van der Waals surface area contributed by atoms with E-state index in [2.05, 4.69) is 11.9 Å². The zero-order chi connectivity index (χ0) is 8.11. The normalized spacial score (nSPS) is 45.1. The van der Waals surface area contributed by atoms with Gasteiger partial charge in [-0.25, -0.2) is 4.79 Å². The maximum atomic E-state index is 10.3. The zero-order valence-corrected chi connectivity index (χ0v) is 6.26. The van der Waals surface area contributed by atoms with Crippen LogP contribution in [0.15, 0.2) is 12.7 Å². The second-order valence-corrected chi connectivity index (χ2v) is 3.81. The van der Waals surface area contributed by atoms with Crippen LogP contribution >= 0.6 is 0 Å². The Kier molecular flexibility index (Phi) is 0.975. The van der Waals surface area contributed by atoms with Crippen LogP contribution < -0.4 is 5.32 Å². The minimum atomic E-state index is -0.901. The molecule has 3 nitrogen and oxygen atoms in total. The number of rotatable bonds is 2. The van der Waals surface area contributed by atoms with E-state index in [1.807, 2.05) is 6.08 Å². The Morgan fingerprint density at radius 3 is 2.45 bits per heavy atom.